The molecule has 0 saturated heterocycles. The van der Waals surface area contributed by atoms with Crippen molar-refractivity contribution in [3.05, 3.63) is 0 Å². The quantitative estimate of drug-likeness (QED) is 0.229. The van der Waals surface area contributed by atoms with Gasteiger partial charge in [0.1, 0.15) is 0 Å². The summed E-state index contributed by atoms with van der Waals surface area (Å²) in [5, 5.41) is 0. The molecule has 0 radical (unpaired) electrons. The van der Waals surface area contributed by atoms with Crippen molar-refractivity contribution in [1.29, 1.82) is 0 Å². The molecule has 0 aromatic rings. The van der Waals surface area contributed by atoms with Gasteiger partial charge in [-0.2, -0.15) is 6.42 Å². The van der Waals surface area contributed by atoms with E-state index in [4.69, 9.17) is 0 Å². The van der Waals surface area contributed by atoms with Crippen LogP contribution in [0.5, 0.6) is 0 Å². The minimum absolute atomic E-state index is 0. The summed E-state index contributed by atoms with van der Waals surface area (Å²) in [5.41, 5.74) is 0.0632. The molecule has 60 valence electrons. The molecule has 0 aromatic carbocycles. The SMILES string of the molecule is CCCC[C-]=NC(C)(C)C.[Li+]. The molecule has 2 heteroatoms. The molecular weight excluding hydrogens is 129 g/mol. The van der Waals surface area contributed by atoms with Crippen LogP contribution in [-0.4, -0.2) is 11.8 Å². The zero-order chi connectivity index (χ0) is 8.04. The Morgan fingerprint density at radius 2 is 1.82 bits per heavy atom. The van der Waals surface area contributed by atoms with Crippen molar-refractivity contribution in [1.82, 2.24) is 0 Å². The van der Waals surface area contributed by atoms with Gasteiger partial charge >= 0.3 is 18.9 Å². The van der Waals surface area contributed by atoms with Crippen LogP contribution in [0.15, 0.2) is 4.99 Å². The largest absolute Gasteiger partial charge is 1.00 e. The predicted octanol–water partition coefficient (Wildman–Crippen LogP) is -0.0731. The molecule has 1 nitrogen and oxygen atoms in total. The van der Waals surface area contributed by atoms with Crippen LogP contribution in [0.2, 0.25) is 0 Å². The fourth-order valence-electron chi connectivity index (χ4n) is 0.549. The first-order valence-electron chi connectivity index (χ1n) is 4.01. The maximum absolute atomic E-state index is 4.24. The minimum Gasteiger partial charge on any atom is -0.498 e. The van der Waals surface area contributed by atoms with Gasteiger partial charge in [-0.1, -0.05) is 19.8 Å². The Hall–Kier alpha value is 0.267. The minimum atomic E-state index is 0. The molecule has 0 fully saturated rings. The summed E-state index contributed by atoms with van der Waals surface area (Å²) in [6.07, 6.45) is 6.50. The first-order valence-corrected chi connectivity index (χ1v) is 4.01. The van der Waals surface area contributed by atoms with Crippen molar-refractivity contribution in [2.24, 2.45) is 4.99 Å². The fraction of sp³-hybridized carbons (Fsp3) is 0.889. The monoisotopic (exact) mass is 147 g/mol. The van der Waals surface area contributed by atoms with Gasteiger partial charge in [0.15, 0.2) is 0 Å². The third-order valence-electron chi connectivity index (χ3n) is 1.06. The fourth-order valence-corrected chi connectivity index (χ4v) is 0.549. The number of unbranched alkanes of at least 4 members (excludes halogenated alkanes) is 2. The predicted molar refractivity (Wildman–Crippen MR) is 46.7 cm³/mol. The van der Waals surface area contributed by atoms with Gasteiger partial charge in [0, 0.05) is 5.54 Å². The number of rotatable bonds is 3. The number of nitrogens with zero attached hydrogens (tertiary/aromatic N) is 1. The van der Waals surface area contributed by atoms with Gasteiger partial charge < -0.3 is 11.2 Å². The summed E-state index contributed by atoms with van der Waals surface area (Å²) < 4.78 is 0. The van der Waals surface area contributed by atoms with Crippen LogP contribution in [0.1, 0.15) is 47.0 Å². The summed E-state index contributed by atoms with van der Waals surface area (Å²) in [5.74, 6) is 0. The van der Waals surface area contributed by atoms with Crippen LogP contribution in [0.4, 0.5) is 0 Å². The molecule has 0 aliphatic rings. The average molecular weight is 147 g/mol. The smallest absolute Gasteiger partial charge is 0.498 e. The van der Waals surface area contributed by atoms with Gasteiger partial charge in [-0.05, 0) is 20.8 Å². The van der Waals surface area contributed by atoms with Crippen LogP contribution >= 0.6 is 0 Å². The van der Waals surface area contributed by atoms with E-state index in [9.17, 15) is 0 Å². The van der Waals surface area contributed by atoms with Crippen molar-refractivity contribution in [2.45, 2.75) is 52.5 Å². The maximum atomic E-state index is 4.24. The topological polar surface area (TPSA) is 12.4 Å². The zero-order valence-electron chi connectivity index (χ0n) is 8.57. The second-order valence-electron chi connectivity index (χ2n) is 3.54. The zero-order valence-corrected chi connectivity index (χ0v) is 8.57. The van der Waals surface area contributed by atoms with E-state index in [1.165, 1.54) is 12.8 Å². The molecule has 0 aliphatic heterocycles. The molecule has 0 amide bonds. The molecule has 0 rings (SSSR count). The van der Waals surface area contributed by atoms with Crippen molar-refractivity contribution < 1.29 is 18.9 Å². The summed E-state index contributed by atoms with van der Waals surface area (Å²) in [6.45, 7) is 8.45. The number of aliphatic imine (C=N–C) groups is 1. The van der Waals surface area contributed by atoms with Crippen molar-refractivity contribution in [3.8, 4) is 0 Å². The van der Waals surface area contributed by atoms with Crippen LogP contribution in [0.3, 0.4) is 0 Å². The normalized spacial score (nSPS) is 11.6. The second-order valence-corrected chi connectivity index (χ2v) is 3.54. The van der Waals surface area contributed by atoms with E-state index in [-0.39, 0.29) is 24.4 Å². The molecule has 0 aromatic heterocycles. The van der Waals surface area contributed by atoms with E-state index in [0.29, 0.717) is 0 Å². The Morgan fingerprint density at radius 3 is 2.18 bits per heavy atom. The Labute approximate surface area is 82.9 Å². The molecular formula is C9H18LiN. The standard InChI is InChI=1S/C9H18N.Li/c1-5-6-7-8-10-9(2,3)4;/h5-7H2,1-4H3;/q-1;+1. The maximum Gasteiger partial charge on any atom is 1.00 e. The molecule has 0 saturated carbocycles. The third kappa shape index (κ3) is 13.3. The van der Waals surface area contributed by atoms with Gasteiger partial charge in [-0.15, -0.1) is 0 Å². The van der Waals surface area contributed by atoms with E-state index >= 15 is 0 Å². The average Bonchev–Trinajstić information content (AvgIpc) is 1.78. The van der Waals surface area contributed by atoms with Gasteiger partial charge in [-0.25, -0.2) is 0 Å². The summed E-state index contributed by atoms with van der Waals surface area (Å²) in [7, 11) is 0. The second kappa shape index (κ2) is 6.95. The Bertz CT molecular complexity index is 103. The first kappa shape index (κ1) is 13.8. The van der Waals surface area contributed by atoms with E-state index in [0.717, 1.165) is 6.42 Å². The van der Waals surface area contributed by atoms with Crippen LogP contribution < -0.4 is 18.9 Å². The van der Waals surface area contributed by atoms with Gasteiger partial charge in [0.25, 0.3) is 0 Å². The Kier molecular flexibility index (Phi) is 8.73. The van der Waals surface area contributed by atoms with E-state index in [1.54, 1.807) is 0 Å². The van der Waals surface area contributed by atoms with Gasteiger partial charge in [0.2, 0.25) is 0 Å². The summed E-state index contributed by atoms with van der Waals surface area (Å²) in [6, 6.07) is 0. The number of hydrogen-bond acceptors (Lipinski definition) is 1. The molecule has 0 bridgehead atoms. The van der Waals surface area contributed by atoms with Crippen LogP contribution in [0, 0.1) is 0 Å². The first-order chi connectivity index (χ1) is 4.56. The molecule has 0 heterocycles. The van der Waals surface area contributed by atoms with Crippen LogP contribution in [0.25, 0.3) is 0 Å². The molecule has 0 unspecified atom stereocenters. The molecule has 0 atom stereocenters. The van der Waals surface area contributed by atoms with Gasteiger partial charge in [0.05, 0.1) is 0 Å². The Balaban J connectivity index is 0. The molecule has 0 N–H and O–H groups in total. The molecule has 0 aliphatic carbocycles. The summed E-state index contributed by atoms with van der Waals surface area (Å²) in [4.78, 5) is 4.24. The van der Waals surface area contributed by atoms with Crippen LogP contribution in [-0.2, 0) is 0 Å². The summed E-state index contributed by atoms with van der Waals surface area (Å²) >= 11 is 0. The Morgan fingerprint density at radius 1 is 1.27 bits per heavy atom. The van der Waals surface area contributed by atoms with E-state index < -0.39 is 0 Å². The number of hydrogen-bond donors (Lipinski definition) is 0. The third-order valence-corrected chi connectivity index (χ3v) is 1.06. The molecule has 0 spiro atoms. The van der Waals surface area contributed by atoms with Crippen molar-refractivity contribution in [2.75, 3.05) is 0 Å². The molecule has 11 heavy (non-hydrogen) atoms. The van der Waals surface area contributed by atoms with E-state index in [2.05, 4.69) is 38.9 Å². The van der Waals surface area contributed by atoms with Crippen molar-refractivity contribution >= 4 is 6.21 Å². The van der Waals surface area contributed by atoms with E-state index in [1.807, 2.05) is 0 Å². The van der Waals surface area contributed by atoms with Gasteiger partial charge in [-0.3, -0.25) is 0 Å². The van der Waals surface area contributed by atoms with Crippen molar-refractivity contribution in [3.63, 3.8) is 0 Å².